The van der Waals surface area contributed by atoms with Gasteiger partial charge in [-0.15, -0.1) is 0 Å². The molecule has 0 aliphatic carbocycles. The molecule has 0 radical (unpaired) electrons. The van der Waals surface area contributed by atoms with Crippen molar-refractivity contribution in [3.8, 4) is 5.75 Å². The summed E-state index contributed by atoms with van der Waals surface area (Å²) in [5.41, 5.74) is -0.876. The third kappa shape index (κ3) is 7.42. The van der Waals surface area contributed by atoms with Crippen molar-refractivity contribution in [2.24, 2.45) is 0 Å². The molecule has 0 saturated carbocycles. The van der Waals surface area contributed by atoms with Gasteiger partial charge in [0.1, 0.15) is 18.4 Å². The van der Waals surface area contributed by atoms with Crippen LogP contribution in [0.2, 0.25) is 10.0 Å². The number of halogens is 2. The van der Waals surface area contributed by atoms with Gasteiger partial charge in [-0.1, -0.05) is 23.2 Å². The van der Waals surface area contributed by atoms with E-state index in [0.29, 0.717) is 10.6 Å². The standard InChI is InChI=1S/C21H26Cl2N3O9P/c1-11(2)33-20(28)13(4)25-36(30,35-16-6-5-14(22)7-15(16)23)32-10-18-31-9-17(34-18)26-8-12(3)19(27)24-21(26)29/h5-8,11,13,17-18H,9-10H2,1-4H3,(H,25,30)(H,24,27,29)/t13-,17+,18+,36?/m0/s1. The van der Waals surface area contributed by atoms with E-state index in [1.165, 1.54) is 42.8 Å². The Morgan fingerprint density at radius 2 is 2.03 bits per heavy atom. The minimum Gasteiger partial charge on any atom is -0.462 e. The maximum atomic E-state index is 13.6. The Hall–Kier alpha value is -2.18. The lowest BCUT2D eigenvalue weighted by Crippen LogP contribution is -2.37. The van der Waals surface area contributed by atoms with Gasteiger partial charge in [0.2, 0.25) is 0 Å². The average Bonchev–Trinajstić information content (AvgIpc) is 3.25. The van der Waals surface area contributed by atoms with Gasteiger partial charge in [0.05, 0.1) is 17.7 Å². The number of hydrogen-bond donors (Lipinski definition) is 2. The van der Waals surface area contributed by atoms with E-state index in [0.717, 1.165) is 0 Å². The molecule has 2 heterocycles. The van der Waals surface area contributed by atoms with Crippen LogP contribution < -0.4 is 20.9 Å². The average molecular weight is 566 g/mol. The Bertz CT molecular complexity index is 1270. The second-order valence-electron chi connectivity index (χ2n) is 8.13. The van der Waals surface area contributed by atoms with Crippen LogP contribution in [0.1, 0.15) is 32.6 Å². The number of ether oxygens (including phenoxy) is 3. The summed E-state index contributed by atoms with van der Waals surface area (Å²) in [6.45, 7) is 5.86. The van der Waals surface area contributed by atoms with Crippen LogP contribution in [0, 0.1) is 6.92 Å². The summed E-state index contributed by atoms with van der Waals surface area (Å²) in [6.07, 6.45) is -0.962. The number of esters is 1. The predicted octanol–water partition coefficient (Wildman–Crippen LogP) is 3.16. The van der Waals surface area contributed by atoms with Crippen molar-refractivity contribution in [1.29, 1.82) is 0 Å². The first-order valence-electron chi connectivity index (χ1n) is 10.8. The summed E-state index contributed by atoms with van der Waals surface area (Å²) in [6, 6.07) is 3.17. The molecule has 1 aliphatic rings. The van der Waals surface area contributed by atoms with Crippen LogP contribution in [-0.4, -0.2) is 47.2 Å². The number of H-pyrrole nitrogens is 1. The van der Waals surface area contributed by atoms with Crippen molar-refractivity contribution >= 4 is 36.9 Å². The second-order valence-corrected chi connectivity index (χ2v) is 10.7. The fourth-order valence-electron chi connectivity index (χ4n) is 3.03. The summed E-state index contributed by atoms with van der Waals surface area (Å²) in [5, 5.41) is 2.91. The smallest absolute Gasteiger partial charge is 0.459 e. The molecule has 1 unspecified atom stereocenters. The lowest BCUT2D eigenvalue weighted by molar-refractivity contribution is -0.149. The molecule has 2 aromatic rings. The van der Waals surface area contributed by atoms with Gasteiger partial charge < -0.3 is 18.7 Å². The fourth-order valence-corrected chi connectivity index (χ4v) is 5.03. The Balaban J connectivity index is 1.73. The number of benzene rings is 1. The van der Waals surface area contributed by atoms with Crippen molar-refractivity contribution in [2.75, 3.05) is 13.2 Å². The van der Waals surface area contributed by atoms with Crippen LogP contribution >= 0.6 is 30.9 Å². The highest BCUT2D eigenvalue weighted by atomic mass is 35.5. The van der Waals surface area contributed by atoms with Crippen molar-refractivity contribution < 1.29 is 32.6 Å². The quantitative estimate of drug-likeness (QED) is 0.325. The predicted molar refractivity (Wildman–Crippen MR) is 130 cm³/mol. The second kappa shape index (κ2) is 11.9. The zero-order chi connectivity index (χ0) is 26.6. The van der Waals surface area contributed by atoms with Crippen LogP contribution in [0.3, 0.4) is 0 Å². The molecule has 4 atom stereocenters. The normalized spacial score (nSPS) is 20.2. The number of aryl methyl sites for hydroxylation is 1. The zero-order valence-corrected chi connectivity index (χ0v) is 22.3. The summed E-state index contributed by atoms with van der Waals surface area (Å²) in [5.74, 6) is -0.691. The molecule has 1 fully saturated rings. The molecule has 1 saturated heterocycles. The van der Waals surface area contributed by atoms with Crippen molar-refractivity contribution in [3.05, 3.63) is 60.8 Å². The number of aromatic amines is 1. The maximum absolute atomic E-state index is 13.6. The van der Waals surface area contributed by atoms with Gasteiger partial charge >= 0.3 is 19.4 Å². The fraction of sp³-hybridized carbons (Fsp3) is 0.476. The Kier molecular flexibility index (Phi) is 9.39. The monoisotopic (exact) mass is 565 g/mol. The van der Waals surface area contributed by atoms with E-state index in [2.05, 4.69) is 10.1 Å². The lowest BCUT2D eigenvalue weighted by atomic mass is 10.3. The van der Waals surface area contributed by atoms with Gasteiger partial charge in [-0.2, -0.15) is 5.09 Å². The minimum atomic E-state index is -4.26. The molecule has 198 valence electrons. The van der Waals surface area contributed by atoms with E-state index in [-0.39, 0.29) is 17.4 Å². The van der Waals surface area contributed by atoms with E-state index >= 15 is 0 Å². The Morgan fingerprint density at radius 1 is 1.31 bits per heavy atom. The number of rotatable bonds is 10. The van der Waals surface area contributed by atoms with E-state index in [1.807, 2.05) is 0 Å². The number of nitrogens with one attached hydrogen (secondary N) is 2. The van der Waals surface area contributed by atoms with Crippen LogP contribution in [0.15, 0.2) is 34.0 Å². The molecule has 0 bridgehead atoms. The number of nitrogens with zero attached hydrogens (tertiary/aromatic N) is 1. The van der Waals surface area contributed by atoms with E-state index in [4.69, 9.17) is 46.5 Å². The summed E-state index contributed by atoms with van der Waals surface area (Å²) < 4.78 is 42.1. The first kappa shape index (κ1) is 28.4. The van der Waals surface area contributed by atoms with Gasteiger partial charge in [0, 0.05) is 16.8 Å². The first-order valence-corrected chi connectivity index (χ1v) is 13.1. The van der Waals surface area contributed by atoms with E-state index < -0.39 is 56.2 Å². The van der Waals surface area contributed by atoms with E-state index in [9.17, 15) is 18.9 Å². The van der Waals surface area contributed by atoms with Crippen molar-refractivity contribution in [2.45, 2.75) is 52.4 Å². The summed E-state index contributed by atoms with van der Waals surface area (Å²) in [4.78, 5) is 38.2. The SMILES string of the molecule is Cc1cn([C@H]2CO[C@@H](COP(=O)(N[C@@H](C)C(=O)OC(C)C)Oc3ccc(Cl)cc3Cl)O2)c(=O)[nH]c1=O. The largest absolute Gasteiger partial charge is 0.462 e. The molecule has 1 aromatic carbocycles. The highest BCUT2D eigenvalue weighted by molar-refractivity contribution is 7.52. The van der Waals surface area contributed by atoms with E-state index in [1.54, 1.807) is 13.8 Å². The Labute approximate surface area is 216 Å². The molecule has 12 nitrogen and oxygen atoms in total. The minimum absolute atomic E-state index is 0.0114. The van der Waals surface area contributed by atoms with Crippen molar-refractivity contribution in [1.82, 2.24) is 14.6 Å². The summed E-state index contributed by atoms with van der Waals surface area (Å²) >= 11 is 12.1. The third-order valence-electron chi connectivity index (χ3n) is 4.74. The third-order valence-corrected chi connectivity index (χ3v) is 6.90. The molecule has 1 aliphatic heterocycles. The first-order chi connectivity index (χ1) is 16.9. The lowest BCUT2D eigenvalue weighted by Gasteiger charge is -2.24. The highest BCUT2D eigenvalue weighted by Gasteiger charge is 2.36. The highest BCUT2D eigenvalue weighted by Crippen LogP contribution is 2.47. The van der Waals surface area contributed by atoms with Crippen molar-refractivity contribution in [3.63, 3.8) is 0 Å². The Morgan fingerprint density at radius 3 is 2.69 bits per heavy atom. The molecular weight excluding hydrogens is 540 g/mol. The molecule has 0 amide bonds. The van der Waals surface area contributed by atoms with Crippen LogP contribution in [0.25, 0.3) is 0 Å². The number of carbonyl (C=O) groups excluding carboxylic acids is 1. The van der Waals surface area contributed by atoms with Crippen LogP contribution in [0.5, 0.6) is 5.75 Å². The molecule has 15 heteroatoms. The number of hydrogen-bond acceptors (Lipinski definition) is 9. The van der Waals surface area contributed by atoms with Gasteiger partial charge in [-0.3, -0.25) is 23.7 Å². The number of carbonyl (C=O) groups is 1. The van der Waals surface area contributed by atoms with Gasteiger partial charge in [-0.25, -0.2) is 9.36 Å². The molecule has 2 N–H and O–H groups in total. The van der Waals surface area contributed by atoms with Crippen LogP contribution in [-0.2, 0) is 28.1 Å². The zero-order valence-electron chi connectivity index (χ0n) is 19.9. The molecule has 36 heavy (non-hydrogen) atoms. The molecule has 1 aromatic heterocycles. The van der Waals surface area contributed by atoms with Gasteiger partial charge in [-0.05, 0) is 45.9 Å². The number of aromatic nitrogens is 2. The van der Waals surface area contributed by atoms with Crippen LogP contribution in [0.4, 0.5) is 0 Å². The molecule has 3 rings (SSSR count). The molecule has 0 spiro atoms. The molecular formula is C21H26Cl2N3O9P. The van der Waals surface area contributed by atoms with Gasteiger partial charge in [0.15, 0.2) is 12.5 Å². The topological polar surface area (TPSA) is 147 Å². The van der Waals surface area contributed by atoms with Gasteiger partial charge in [0.25, 0.3) is 5.56 Å². The summed E-state index contributed by atoms with van der Waals surface area (Å²) in [7, 11) is -4.26. The maximum Gasteiger partial charge on any atom is 0.459 e.